The van der Waals surface area contributed by atoms with Crippen molar-refractivity contribution in [3.8, 4) is 17.6 Å². The van der Waals surface area contributed by atoms with Crippen molar-refractivity contribution in [2.24, 2.45) is 5.92 Å². The number of rotatable bonds is 8. The van der Waals surface area contributed by atoms with Gasteiger partial charge < -0.3 is 14.8 Å². The quantitative estimate of drug-likeness (QED) is 0.646. The topological polar surface area (TPSA) is 71.3 Å². The number of nitrogens with one attached hydrogen (secondary N) is 1. The van der Waals surface area contributed by atoms with Crippen molar-refractivity contribution in [3.63, 3.8) is 0 Å². The first-order valence-corrected chi connectivity index (χ1v) is 9.30. The molecule has 2 rings (SSSR count). The zero-order chi connectivity index (χ0) is 21.6. The minimum Gasteiger partial charge on any atom is -0.493 e. The molecule has 29 heavy (non-hydrogen) atoms. The summed E-state index contributed by atoms with van der Waals surface area (Å²) in [5, 5.41) is 11.9. The molecule has 1 amide bonds. The van der Waals surface area contributed by atoms with Crippen LogP contribution in [-0.2, 0) is 0 Å². The average molecular weight is 423 g/mol. The zero-order valence-corrected chi connectivity index (χ0v) is 17.0. The van der Waals surface area contributed by atoms with E-state index in [9.17, 15) is 18.8 Å². The van der Waals surface area contributed by atoms with Gasteiger partial charge >= 0.3 is 0 Å². The monoisotopic (exact) mass is 422 g/mol. The lowest BCUT2D eigenvalue weighted by atomic mass is 10.1. The van der Waals surface area contributed by atoms with Crippen LogP contribution in [0.2, 0.25) is 5.02 Å². The molecule has 0 aromatic heterocycles. The van der Waals surface area contributed by atoms with Gasteiger partial charge in [-0.1, -0.05) is 31.5 Å². The Bertz CT molecular complexity index is 929. The van der Waals surface area contributed by atoms with Crippen LogP contribution in [0, 0.1) is 28.9 Å². The predicted octanol–water partition coefficient (Wildman–Crippen LogP) is 5.05. The van der Waals surface area contributed by atoms with Gasteiger partial charge in [0.05, 0.1) is 24.8 Å². The number of halogens is 3. The van der Waals surface area contributed by atoms with E-state index in [1.165, 1.54) is 19.2 Å². The van der Waals surface area contributed by atoms with E-state index in [4.69, 9.17) is 21.1 Å². The van der Waals surface area contributed by atoms with Crippen LogP contribution in [0.1, 0.15) is 42.2 Å². The van der Waals surface area contributed by atoms with Crippen molar-refractivity contribution in [2.45, 2.75) is 26.3 Å². The van der Waals surface area contributed by atoms with Crippen molar-refractivity contribution in [1.29, 1.82) is 5.26 Å². The highest BCUT2D eigenvalue weighted by atomic mass is 35.5. The van der Waals surface area contributed by atoms with Gasteiger partial charge in [-0.2, -0.15) is 5.26 Å². The molecule has 0 aliphatic carbocycles. The summed E-state index contributed by atoms with van der Waals surface area (Å²) in [5.41, 5.74) is -0.0419. The number of ether oxygens (including phenoxy) is 2. The molecule has 8 heteroatoms. The minimum atomic E-state index is -1.31. The molecule has 0 bridgehead atoms. The van der Waals surface area contributed by atoms with Crippen LogP contribution in [-0.4, -0.2) is 19.6 Å². The van der Waals surface area contributed by atoms with Gasteiger partial charge in [-0.3, -0.25) is 4.79 Å². The molecule has 0 saturated carbocycles. The summed E-state index contributed by atoms with van der Waals surface area (Å²) in [4.78, 5) is 12.6. The SMILES string of the molecule is COc1cc(C(=O)NC(C#N)c2ccc(F)cc2F)cc(Cl)c1OCCC(C)C. The lowest BCUT2D eigenvalue weighted by Gasteiger charge is -2.16. The Labute approximate surface area is 173 Å². The smallest absolute Gasteiger partial charge is 0.252 e. The first kappa shape index (κ1) is 22.4. The van der Waals surface area contributed by atoms with E-state index in [0.717, 1.165) is 18.6 Å². The van der Waals surface area contributed by atoms with Crippen LogP contribution in [0.15, 0.2) is 30.3 Å². The van der Waals surface area contributed by atoms with Gasteiger partial charge in [-0.05, 0) is 30.5 Å². The van der Waals surface area contributed by atoms with Crippen LogP contribution >= 0.6 is 11.6 Å². The number of hydrogen-bond acceptors (Lipinski definition) is 4. The lowest BCUT2D eigenvalue weighted by molar-refractivity contribution is 0.0944. The molecule has 0 heterocycles. The maximum absolute atomic E-state index is 14.0. The minimum absolute atomic E-state index is 0.103. The van der Waals surface area contributed by atoms with Gasteiger partial charge in [0.25, 0.3) is 5.91 Å². The van der Waals surface area contributed by atoms with Gasteiger partial charge in [0.1, 0.15) is 17.7 Å². The molecule has 0 aliphatic rings. The van der Waals surface area contributed by atoms with Gasteiger partial charge in [0.15, 0.2) is 11.5 Å². The van der Waals surface area contributed by atoms with E-state index in [1.807, 2.05) is 0 Å². The van der Waals surface area contributed by atoms with Crippen LogP contribution in [0.25, 0.3) is 0 Å². The Morgan fingerprint density at radius 3 is 2.59 bits per heavy atom. The van der Waals surface area contributed by atoms with Crippen molar-refractivity contribution in [2.75, 3.05) is 13.7 Å². The summed E-state index contributed by atoms with van der Waals surface area (Å²) in [5.74, 6) is -1.37. The average Bonchev–Trinajstić information content (AvgIpc) is 2.67. The molecule has 0 radical (unpaired) electrons. The fourth-order valence-corrected chi connectivity index (χ4v) is 2.78. The standard InChI is InChI=1S/C21H21ClF2N2O3/c1-12(2)6-7-29-20-16(22)8-13(9-19(20)28-3)21(27)26-18(11-25)15-5-4-14(23)10-17(15)24/h4-5,8-10,12,18H,6-7H2,1-3H3,(H,26,27). The third-order valence-electron chi connectivity index (χ3n) is 4.11. The van der Waals surface area contributed by atoms with E-state index in [2.05, 4.69) is 19.2 Å². The second-order valence-corrected chi connectivity index (χ2v) is 7.13. The molecule has 2 aromatic rings. The van der Waals surface area contributed by atoms with Crippen molar-refractivity contribution >= 4 is 17.5 Å². The van der Waals surface area contributed by atoms with E-state index in [1.54, 1.807) is 6.07 Å². The number of hydrogen-bond donors (Lipinski definition) is 1. The number of carbonyl (C=O) groups excluding carboxylic acids is 1. The summed E-state index contributed by atoms with van der Waals surface area (Å²) in [7, 11) is 1.41. The number of benzene rings is 2. The zero-order valence-electron chi connectivity index (χ0n) is 16.3. The molecule has 0 spiro atoms. The molecular formula is C21H21ClF2N2O3. The van der Waals surface area contributed by atoms with Crippen molar-refractivity contribution in [1.82, 2.24) is 5.32 Å². The highest BCUT2D eigenvalue weighted by Crippen LogP contribution is 2.36. The Morgan fingerprint density at radius 1 is 1.28 bits per heavy atom. The fourth-order valence-electron chi connectivity index (χ4n) is 2.52. The van der Waals surface area contributed by atoms with Crippen LogP contribution < -0.4 is 14.8 Å². The molecule has 0 aliphatic heterocycles. The maximum atomic E-state index is 14.0. The van der Waals surface area contributed by atoms with E-state index < -0.39 is 23.6 Å². The molecule has 0 fully saturated rings. The summed E-state index contributed by atoms with van der Waals surface area (Å²) in [6.45, 7) is 4.55. The Morgan fingerprint density at radius 2 is 2.00 bits per heavy atom. The summed E-state index contributed by atoms with van der Waals surface area (Å²) in [6.07, 6.45) is 0.814. The molecule has 1 N–H and O–H groups in total. The highest BCUT2D eigenvalue weighted by Gasteiger charge is 2.21. The van der Waals surface area contributed by atoms with Gasteiger partial charge in [-0.25, -0.2) is 8.78 Å². The third-order valence-corrected chi connectivity index (χ3v) is 4.39. The Balaban J connectivity index is 2.23. The predicted molar refractivity (Wildman–Crippen MR) is 105 cm³/mol. The number of methoxy groups -OCH3 is 1. The number of nitrogens with zero attached hydrogens (tertiary/aromatic N) is 1. The second-order valence-electron chi connectivity index (χ2n) is 6.72. The molecule has 5 nitrogen and oxygen atoms in total. The lowest BCUT2D eigenvalue weighted by Crippen LogP contribution is -2.28. The van der Waals surface area contributed by atoms with Crippen molar-refractivity contribution in [3.05, 3.63) is 58.1 Å². The number of nitriles is 1. The maximum Gasteiger partial charge on any atom is 0.252 e. The Hall–Kier alpha value is -2.85. The molecule has 0 saturated heterocycles. The molecule has 1 unspecified atom stereocenters. The summed E-state index contributed by atoms with van der Waals surface area (Å²) < 4.78 is 38.0. The van der Waals surface area contributed by atoms with Gasteiger partial charge in [0.2, 0.25) is 0 Å². The van der Waals surface area contributed by atoms with Crippen LogP contribution in [0.5, 0.6) is 11.5 Å². The number of carbonyl (C=O) groups is 1. The fraction of sp³-hybridized carbons (Fsp3) is 0.333. The molecule has 1 atom stereocenters. The molecular weight excluding hydrogens is 402 g/mol. The van der Waals surface area contributed by atoms with E-state index in [-0.39, 0.29) is 21.9 Å². The summed E-state index contributed by atoms with van der Waals surface area (Å²) >= 11 is 6.25. The molecule has 2 aromatic carbocycles. The first-order chi connectivity index (χ1) is 13.8. The first-order valence-electron chi connectivity index (χ1n) is 8.92. The van der Waals surface area contributed by atoms with E-state index >= 15 is 0 Å². The van der Waals surface area contributed by atoms with E-state index in [0.29, 0.717) is 24.3 Å². The van der Waals surface area contributed by atoms with Crippen molar-refractivity contribution < 1.29 is 23.0 Å². The second kappa shape index (κ2) is 10.1. The number of amides is 1. The largest absolute Gasteiger partial charge is 0.493 e. The van der Waals surface area contributed by atoms with Gasteiger partial charge in [0, 0.05) is 17.2 Å². The summed E-state index contributed by atoms with van der Waals surface area (Å²) in [6, 6.07) is 6.04. The van der Waals surface area contributed by atoms with Gasteiger partial charge in [-0.15, -0.1) is 0 Å². The third kappa shape index (κ3) is 5.81. The van der Waals surface area contributed by atoms with Crippen LogP contribution in [0.4, 0.5) is 8.78 Å². The molecule has 154 valence electrons. The van der Waals surface area contributed by atoms with Crippen LogP contribution in [0.3, 0.4) is 0 Å². The highest BCUT2D eigenvalue weighted by molar-refractivity contribution is 6.32. The normalized spacial score (nSPS) is 11.7. The Kier molecular flexibility index (Phi) is 7.80.